The minimum absolute atomic E-state index is 0.0194. The second-order valence-corrected chi connectivity index (χ2v) is 29.8. The zero-order valence-corrected chi connectivity index (χ0v) is 58.7. The molecule has 28 heteroatoms. The maximum Gasteiger partial charge on any atom is 0.309 e. The van der Waals surface area contributed by atoms with Crippen LogP contribution >= 0.6 is 0 Å². The number of hydrogen-bond acceptors (Lipinski definition) is 28. The van der Waals surface area contributed by atoms with Gasteiger partial charge in [0.1, 0.15) is 85.0 Å². The lowest BCUT2D eigenvalue weighted by Gasteiger charge is -2.66. The van der Waals surface area contributed by atoms with Gasteiger partial charge in [0.05, 0.1) is 84.6 Å². The van der Waals surface area contributed by atoms with Crippen LogP contribution in [0.5, 0.6) is 0 Å². The molecular weight excluding hydrogens is 1260 g/mol. The summed E-state index contributed by atoms with van der Waals surface area (Å²) >= 11 is 0. The van der Waals surface area contributed by atoms with Crippen molar-refractivity contribution in [2.45, 2.75) is 349 Å². The molecule has 0 bridgehead atoms. The molecular formula is C68H114O28. The first-order valence-corrected chi connectivity index (χ1v) is 35.2. The van der Waals surface area contributed by atoms with Crippen LogP contribution in [0.2, 0.25) is 0 Å². The predicted octanol–water partition coefficient (Wildman–Crippen LogP) is 2.57. The number of aliphatic hydroxyl groups is 8. The first kappa shape index (κ1) is 76.6. The monoisotopic (exact) mass is 1380 g/mol. The number of ether oxygens (including phenoxy) is 18. The number of carbonyl (C=O) groups excluding carboxylic acids is 2. The van der Waals surface area contributed by atoms with Gasteiger partial charge in [-0.3, -0.25) is 9.59 Å². The second-order valence-electron chi connectivity index (χ2n) is 29.8. The van der Waals surface area contributed by atoms with Gasteiger partial charge >= 0.3 is 11.9 Å². The maximum atomic E-state index is 13.1. The van der Waals surface area contributed by atoms with Crippen molar-refractivity contribution < 1.29 is 136 Å². The number of methoxy groups -OCH3 is 4. The number of fused-ring (bicyclic) bond motifs is 5. The van der Waals surface area contributed by atoms with E-state index in [1.54, 1.807) is 41.9 Å². The van der Waals surface area contributed by atoms with Crippen LogP contribution in [0.15, 0.2) is 0 Å². The summed E-state index contributed by atoms with van der Waals surface area (Å²) in [5.41, 5.74) is -4.57. The highest BCUT2D eigenvalue weighted by Crippen LogP contribution is 2.71. The molecule has 8 N–H and O–H groups in total. The smallest absolute Gasteiger partial charge is 0.309 e. The summed E-state index contributed by atoms with van der Waals surface area (Å²) in [6, 6.07) is 0. The van der Waals surface area contributed by atoms with Crippen LogP contribution in [0.3, 0.4) is 0 Å². The van der Waals surface area contributed by atoms with Crippen LogP contribution < -0.4 is 0 Å². The Morgan fingerprint density at radius 2 is 1.04 bits per heavy atom. The van der Waals surface area contributed by atoms with E-state index in [9.17, 15) is 50.4 Å². The van der Waals surface area contributed by atoms with Crippen molar-refractivity contribution in [3.8, 4) is 0 Å². The first-order valence-electron chi connectivity index (χ1n) is 35.2. The fourth-order valence-electron chi connectivity index (χ4n) is 18.5. The minimum Gasteiger partial charge on any atom is -0.462 e. The minimum atomic E-state index is -1.68. The molecule has 0 unspecified atom stereocenters. The highest BCUT2D eigenvalue weighted by atomic mass is 16.8. The third-order valence-electron chi connectivity index (χ3n) is 24.5. The van der Waals surface area contributed by atoms with Gasteiger partial charge in [0, 0.05) is 61.0 Å². The fraction of sp³-hybridized carbons (Fsp3) is 0.971. The Morgan fingerprint density at radius 3 is 1.56 bits per heavy atom. The van der Waals surface area contributed by atoms with E-state index in [-0.39, 0.29) is 73.7 Å². The lowest BCUT2D eigenvalue weighted by Crippen LogP contribution is -2.72. The fourth-order valence-corrected chi connectivity index (χ4v) is 18.5. The average Bonchev–Trinajstić information content (AvgIpc) is 1.40. The molecule has 0 amide bonds. The molecule has 96 heavy (non-hydrogen) atoms. The van der Waals surface area contributed by atoms with Gasteiger partial charge in [-0.2, -0.15) is 0 Å². The van der Waals surface area contributed by atoms with Gasteiger partial charge in [-0.05, 0) is 122 Å². The Bertz CT molecular complexity index is 2530. The topological polar surface area (TPSA) is 362 Å². The Kier molecular flexibility index (Phi) is 24.8. The van der Waals surface area contributed by atoms with Gasteiger partial charge in [0.25, 0.3) is 0 Å². The molecule has 10 aliphatic rings. The molecule has 6 heterocycles. The molecule has 10 fully saturated rings. The van der Waals surface area contributed by atoms with Crippen LogP contribution in [-0.4, -0.2) is 277 Å². The largest absolute Gasteiger partial charge is 0.462 e. The Hall–Kier alpha value is -2.02. The van der Waals surface area contributed by atoms with Gasteiger partial charge in [-0.15, -0.1) is 0 Å². The van der Waals surface area contributed by atoms with Gasteiger partial charge in [-0.25, -0.2) is 0 Å². The van der Waals surface area contributed by atoms with E-state index in [1.165, 1.54) is 21.1 Å². The van der Waals surface area contributed by atoms with Crippen LogP contribution in [0.4, 0.5) is 0 Å². The van der Waals surface area contributed by atoms with E-state index in [1.807, 2.05) is 34.6 Å². The Morgan fingerprint density at radius 1 is 0.531 bits per heavy atom. The summed E-state index contributed by atoms with van der Waals surface area (Å²) in [4.78, 5) is 25.9. The van der Waals surface area contributed by atoms with E-state index in [4.69, 9.17) is 85.3 Å². The van der Waals surface area contributed by atoms with Gasteiger partial charge in [-0.1, -0.05) is 27.7 Å². The van der Waals surface area contributed by atoms with E-state index in [2.05, 4.69) is 6.92 Å². The molecule has 10 rings (SSSR count). The molecule has 4 saturated carbocycles. The predicted molar refractivity (Wildman–Crippen MR) is 332 cm³/mol. The maximum absolute atomic E-state index is 13.1. The zero-order chi connectivity index (χ0) is 69.8. The van der Waals surface area contributed by atoms with Crippen LogP contribution in [0.25, 0.3) is 0 Å². The molecule has 28 nitrogen and oxygen atoms in total. The van der Waals surface area contributed by atoms with Gasteiger partial charge in [0.2, 0.25) is 0 Å². The normalized spacial score (nSPS) is 51.3. The zero-order valence-electron chi connectivity index (χ0n) is 58.7. The summed E-state index contributed by atoms with van der Waals surface area (Å²) in [6.45, 7) is 19.3. The quantitative estimate of drug-likeness (QED) is 0.0570. The number of aliphatic hydroxyl groups excluding tert-OH is 6. The molecule has 6 aliphatic heterocycles. The van der Waals surface area contributed by atoms with E-state index in [0.717, 1.165) is 25.7 Å². The standard InChI is InChI=1S/C68H114O28/c1-16-30(2)62(76)88-36(8)67(77)21-22-68(78)40-18-17-38-23-39(19-20-65(38,10)41(40)24-47(66(67,68)11)89-37(9)70)90-48-25-42(71)56(31(3)83-48)92-49-26-43(79-12)57(32(4)84-49)93-50-27-44(80-13)58(33(5)85-50)94-51-28-45(81-14)59(34(6)86-51)95-64-55(75)61(82-15)60(35(7)87-64)96-63-54(74)53(73)52(72)46(29-69)91-63/h30-36,38-61,63-64,69,71-75,77-78H,16-29H2,1-15H3/t30-,31-,32-,33-,34-,35+,36-,38+,39-,40-,41+,42-,43-,44-,45-,46+,47-,48+,49+,50+,51+,52+,53-,54+,55+,56-,57-,58-,59-,60+,61+,63-,64-,65-,66-,67-,68-/m1/s1. The molecule has 4 aliphatic carbocycles. The lowest BCUT2D eigenvalue weighted by molar-refractivity contribution is -0.374. The lowest BCUT2D eigenvalue weighted by atomic mass is 9.42. The number of esters is 2. The third kappa shape index (κ3) is 14.6. The van der Waals surface area contributed by atoms with Crippen molar-refractivity contribution in [1.29, 1.82) is 0 Å². The molecule has 6 saturated heterocycles. The molecule has 37 atom stereocenters. The highest BCUT2D eigenvalue weighted by Gasteiger charge is 2.77. The molecule has 0 radical (unpaired) electrons. The molecule has 0 aromatic rings. The van der Waals surface area contributed by atoms with Crippen molar-refractivity contribution in [3.05, 3.63) is 0 Å². The van der Waals surface area contributed by atoms with Crippen LogP contribution in [0.1, 0.15) is 160 Å². The molecule has 554 valence electrons. The highest BCUT2D eigenvalue weighted by molar-refractivity contribution is 5.72. The van der Waals surface area contributed by atoms with Crippen LogP contribution in [0, 0.1) is 34.5 Å². The van der Waals surface area contributed by atoms with Crippen molar-refractivity contribution >= 4 is 11.9 Å². The first-order chi connectivity index (χ1) is 45.4. The average molecular weight is 1380 g/mol. The summed E-state index contributed by atoms with van der Waals surface area (Å²) in [7, 11) is 6.08. The third-order valence-corrected chi connectivity index (χ3v) is 24.5. The van der Waals surface area contributed by atoms with Crippen molar-refractivity contribution in [2.75, 3.05) is 35.0 Å². The molecule has 0 spiro atoms. The Balaban J connectivity index is 0.683. The van der Waals surface area contributed by atoms with E-state index >= 15 is 0 Å². The molecule has 0 aromatic carbocycles. The Labute approximate surface area is 564 Å². The summed E-state index contributed by atoms with van der Waals surface area (Å²) in [5, 5.41) is 90.1. The van der Waals surface area contributed by atoms with E-state index < -0.39 is 207 Å². The summed E-state index contributed by atoms with van der Waals surface area (Å²) in [5.74, 6) is -1.24. The SMILES string of the molecule is CC[C@@H](C)C(=O)O[C@H](C)[C@]1(O)CC[C@@]2(O)[C@@H]3CC[C@H]4C[C@H](O[C@H]5C[C@@H](O)[C@H](O[C@H]6C[C@@H](OC)[C@H](O[C@H]7C[C@@H](OC)[C@H](O[C@H]8C[C@@H](OC)[C@H](O[C@H]9O[C@@H](C)[C@H](O[C@H]%10O[C@@H](CO)[C@H](O)[C@@H](O)[C@@H]%10O)[C@@H](OC)[C@@H]9O)[C@@H](C)O8)[C@@H](C)O7)[C@@H](C)O6)[C@@H](C)O5)CC[C@@]4(C)[C@H]3C[C@@H](OC(C)=O)[C@@]21C. The van der Waals surface area contributed by atoms with Crippen molar-refractivity contribution in [2.24, 2.45) is 34.5 Å². The number of carbonyl (C=O) groups is 2. The number of hydrogen-bond donors (Lipinski definition) is 8. The molecule has 0 aromatic heterocycles. The van der Waals surface area contributed by atoms with Gasteiger partial charge in [0.15, 0.2) is 37.7 Å². The van der Waals surface area contributed by atoms with Crippen molar-refractivity contribution in [3.63, 3.8) is 0 Å². The van der Waals surface area contributed by atoms with Crippen LogP contribution in [-0.2, 0) is 94.9 Å². The van der Waals surface area contributed by atoms with Crippen molar-refractivity contribution in [1.82, 2.24) is 0 Å². The number of rotatable bonds is 22. The second kappa shape index (κ2) is 31.1. The van der Waals surface area contributed by atoms with E-state index in [0.29, 0.717) is 19.3 Å². The van der Waals surface area contributed by atoms with Gasteiger partial charge < -0.3 is 126 Å². The summed E-state index contributed by atoms with van der Waals surface area (Å²) in [6.07, 6.45) is -19.5. The summed E-state index contributed by atoms with van der Waals surface area (Å²) < 4.78 is 112.